The van der Waals surface area contributed by atoms with Gasteiger partial charge in [-0.1, -0.05) is 44.9 Å². The average molecular weight is 150 g/mol. The van der Waals surface area contributed by atoms with Gasteiger partial charge in [0.2, 0.25) is 0 Å². The first-order chi connectivity index (χ1) is 5.25. The standard InChI is InChI=1S/C11H18/c1-4-6-10-7-5-8-11(10)9(2)3/h5,7,9H,4,6,8H2,1-3H3. The molecule has 1 rings (SSSR count). The Hall–Kier alpha value is -0.520. The lowest BCUT2D eigenvalue weighted by molar-refractivity contribution is 0.734. The van der Waals surface area contributed by atoms with Gasteiger partial charge in [0.1, 0.15) is 0 Å². The van der Waals surface area contributed by atoms with Gasteiger partial charge in [0.15, 0.2) is 0 Å². The van der Waals surface area contributed by atoms with Crippen molar-refractivity contribution in [3.05, 3.63) is 23.3 Å². The number of rotatable bonds is 3. The minimum absolute atomic E-state index is 0.742. The van der Waals surface area contributed by atoms with Gasteiger partial charge in [0.25, 0.3) is 0 Å². The Bertz CT molecular complexity index is 182. The van der Waals surface area contributed by atoms with Gasteiger partial charge in [0.05, 0.1) is 0 Å². The first-order valence-electron chi connectivity index (χ1n) is 4.64. The highest BCUT2D eigenvalue weighted by Crippen LogP contribution is 2.28. The first-order valence-corrected chi connectivity index (χ1v) is 4.64. The number of hydrogen-bond acceptors (Lipinski definition) is 0. The summed E-state index contributed by atoms with van der Waals surface area (Å²) in [7, 11) is 0. The van der Waals surface area contributed by atoms with E-state index in [0.717, 1.165) is 5.92 Å². The van der Waals surface area contributed by atoms with Crippen LogP contribution in [0, 0.1) is 5.92 Å². The molecule has 1 aliphatic rings. The molecule has 0 saturated carbocycles. The molecule has 0 fully saturated rings. The van der Waals surface area contributed by atoms with Crippen molar-refractivity contribution in [3.63, 3.8) is 0 Å². The van der Waals surface area contributed by atoms with Crippen LogP contribution in [0.2, 0.25) is 0 Å². The largest absolute Gasteiger partial charge is 0.0802 e. The van der Waals surface area contributed by atoms with E-state index in [9.17, 15) is 0 Å². The first kappa shape index (κ1) is 8.58. The Morgan fingerprint density at radius 2 is 2.18 bits per heavy atom. The van der Waals surface area contributed by atoms with Gasteiger partial charge in [-0.05, 0) is 24.3 Å². The van der Waals surface area contributed by atoms with Crippen LogP contribution in [0.15, 0.2) is 23.3 Å². The second kappa shape index (κ2) is 3.75. The van der Waals surface area contributed by atoms with Crippen LogP contribution in [0.1, 0.15) is 40.0 Å². The minimum Gasteiger partial charge on any atom is -0.0802 e. The van der Waals surface area contributed by atoms with E-state index in [1.54, 1.807) is 11.1 Å². The Morgan fingerprint density at radius 1 is 1.45 bits per heavy atom. The lowest BCUT2D eigenvalue weighted by Gasteiger charge is -2.09. The molecule has 0 bridgehead atoms. The molecule has 0 heteroatoms. The van der Waals surface area contributed by atoms with Crippen LogP contribution in [0.5, 0.6) is 0 Å². The Morgan fingerprint density at radius 3 is 2.73 bits per heavy atom. The molecule has 0 heterocycles. The van der Waals surface area contributed by atoms with E-state index in [1.165, 1.54) is 19.3 Å². The molecule has 0 amide bonds. The van der Waals surface area contributed by atoms with E-state index in [-0.39, 0.29) is 0 Å². The van der Waals surface area contributed by atoms with Crippen LogP contribution in [-0.4, -0.2) is 0 Å². The third-order valence-corrected chi connectivity index (χ3v) is 2.29. The van der Waals surface area contributed by atoms with Crippen molar-refractivity contribution in [1.29, 1.82) is 0 Å². The summed E-state index contributed by atoms with van der Waals surface area (Å²) in [6.07, 6.45) is 8.34. The fraction of sp³-hybridized carbons (Fsp3) is 0.636. The van der Waals surface area contributed by atoms with Crippen LogP contribution in [0.25, 0.3) is 0 Å². The van der Waals surface area contributed by atoms with Gasteiger partial charge >= 0.3 is 0 Å². The fourth-order valence-corrected chi connectivity index (χ4v) is 1.69. The molecule has 0 aliphatic heterocycles. The molecule has 0 radical (unpaired) electrons. The van der Waals surface area contributed by atoms with Crippen molar-refractivity contribution < 1.29 is 0 Å². The molecule has 0 unspecified atom stereocenters. The van der Waals surface area contributed by atoms with Crippen molar-refractivity contribution in [2.45, 2.75) is 40.0 Å². The molecular formula is C11H18. The van der Waals surface area contributed by atoms with Crippen molar-refractivity contribution in [3.8, 4) is 0 Å². The van der Waals surface area contributed by atoms with Crippen molar-refractivity contribution in [1.82, 2.24) is 0 Å². The molecule has 0 spiro atoms. The predicted molar refractivity (Wildman–Crippen MR) is 50.5 cm³/mol. The van der Waals surface area contributed by atoms with E-state index >= 15 is 0 Å². The van der Waals surface area contributed by atoms with E-state index in [4.69, 9.17) is 0 Å². The van der Waals surface area contributed by atoms with Crippen LogP contribution >= 0.6 is 0 Å². The fourth-order valence-electron chi connectivity index (χ4n) is 1.69. The second-order valence-electron chi connectivity index (χ2n) is 3.56. The summed E-state index contributed by atoms with van der Waals surface area (Å²) < 4.78 is 0. The molecule has 0 aromatic rings. The Kier molecular flexibility index (Phi) is 2.92. The zero-order valence-electron chi connectivity index (χ0n) is 7.85. The highest BCUT2D eigenvalue weighted by Gasteiger charge is 2.10. The molecule has 11 heavy (non-hydrogen) atoms. The molecule has 0 aromatic carbocycles. The van der Waals surface area contributed by atoms with E-state index in [1.807, 2.05) is 0 Å². The maximum absolute atomic E-state index is 2.30. The Balaban J connectivity index is 2.67. The van der Waals surface area contributed by atoms with Gasteiger partial charge in [-0.3, -0.25) is 0 Å². The zero-order chi connectivity index (χ0) is 8.27. The SMILES string of the molecule is CCCC1=C(C(C)C)CC=C1. The highest BCUT2D eigenvalue weighted by molar-refractivity contribution is 5.34. The van der Waals surface area contributed by atoms with Gasteiger partial charge in [-0.15, -0.1) is 0 Å². The summed E-state index contributed by atoms with van der Waals surface area (Å²) in [5, 5.41) is 0. The average Bonchev–Trinajstić information content (AvgIpc) is 2.36. The van der Waals surface area contributed by atoms with Gasteiger partial charge in [-0.2, -0.15) is 0 Å². The Labute approximate surface area is 70.0 Å². The van der Waals surface area contributed by atoms with Crippen LogP contribution in [-0.2, 0) is 0 Å². The summed E-state index contributed by atoms with van der Waals surface area (Å²) in [4.78, 5) is 0. The summed E-state index contributed by atoms with van der Waals surface area (Å²) in [5.74, 6) is 0.742. The molecule has 0 saturated heterocycles. The molecule has 0 N–H and O–H groups in total. The predicted octanol–water partition coefficient (Wildman–Crippen LogP) is 3.70. The van der Waals surface area contributed by atoms with Crippen LogP contribution in [0.4, 0.5) is 0 Å². The van der Waals surface area contributed by atoms with Gasteiger partial charge < -0.3 is 0 Å². The smallest absolute Gasteiger partial charge is 0.0127 e. The maximum atomic E-state index is 2.30. The zero-order valence-corrected chi connectivity index (χ0v) is 7.85. The second-order valence-corrected chi connectivity index (χ2v) is 3.56. The summed E-state index contributed by atoms with van der Waals surface area (Å²) in [6, 6.07) is 0. The number of allylic oxidation sites excluding steroid dienone is 4. The summed E-state index contributed by atoms with van der Waals surface area (Å²) in [6.45, 7) is 6.83. The molecule has 62 valence electrons. The lowest BCUT2D eigenvalue weighted by Crippen LogP contribution is -1.93. The van der Waals surface area contributed by atoms with Crippen molar-refractivity contribution in [2.75, 3.05) is 0 Å². The minimum atomic E-state index is 0.742. The summed E-state index contributed by atoms with van der Waals surface area (Å²) >= 11 is 0. The highest BCUT2D eigenvalue weighted by atomic mass is 14.2. The van der Waals surface area contributed by atoms with E-state index < -0.39 is 0 Å². The molecule has 0 aromatic heterocycles. The topological polar surface area (TPSA) is 0 Å². The van der Waals surface area contributed by atoms with Crippen molar-refractivity contribution >= 4 is 0 Å². The van der Waals surface area contributed by atoms with E-state index in [2.05, 4.69) is 32.9 Å². The maximum Gasteiger partial charge on any atom is -0.0127 e. The quantitative estimate of drug-likeness (QED) is 0.575. The molecule has 0 nitrogen and oxygen atoms in total. The monoisotopic (exact) mass is 150 g/mol. The number of hydrogen-bond donors (Lipinski definition) is 0. The summed E-state index contributed by atoms with van der Waals surface area (Å²) in [5.41, 5.74) is 3.26. The van der Waals surface area contributed by atoms with Gasteiger partial charge in [-0.25, -0.2) is 0 Å². The third kappa shape index (κ3) is 1.95. The van der Waals surface area contributed by atoms with E-state index in [0.29, 0.717) is 0 Å². The third-order valence-electron chi connectivity index (χ3n) is 2.29. The van der Waals surface area contributed by atoms with Crippen molar-refractivity contribution in [2.24, 2.45) is 5.92 Å². The van der Waals surface area contributed by atoms with Gasteiger partial charge in [0, 0.05) is 0 Å². The van der Waals surface area contributed by atoms with Crippen LogP contribution in [0.3, 0.4) is 0 Å². The lowest BCUT2D eigenvalue weighted by atomic mass is 9.97. The molecular weight excluding hydrogens is 132 g/mol. The molecule has 0 atom stereocenters. The van der Waals surface area contributed by atoms with Crippen LogP contribution < -0.4 is 0 Å². The normalized spacial score (nSPS) is 17.1. The molecule has 1 aliphatic carbocycles.